The molecule has 0 aliphatic heterocycles. The highest BCUT2D eigenvalue weighted by Gasteiger charge is 2.13. The Labute approximate surface area is 83.6 Å². The minimum atomic E-state index is 0.507. The van der Waals surface area contributed by atoms with Gasteiger partial charge >= 0.3 is 0 Å². The van der Waals surface area contributed by atoms with Gasteiger partial charge in [-0.1, -0.05) is 13.8 Å². The Kier molecular flexibility index (Phi) is 3.81. The molecule has 3 nitrogen and oxygen atoms in total. The number of nitrogens with one attached hydrogen (secondary N) is 1. The molecule has 1 N–H and O–H groups in total. The number of likely N-dealkylation sites (N-methyl/N-ethyl adjacent to an activating group) is 1. The Balaban J connectivity index is 2.56. The molecule has 13 heavy (non-hydrogen) atoms. The number of aromatic nitrogens is 2. The maximum absolute atomic E-state index is 4.11. The van der Waals surface area contributed by atoms with Gasteiger partial charge in [0.25, 0.3) is 0 Å². The van der Waals surface area contributed by atoms with E-state index >= 15 is 0 Å². The fraction of sp³-hybridized carbons (Fsp3) is 0.778. The van der Waals surface area contributed by atoms with E-state index in [0.29, 0.717) is 12.0 Å². The second-order valence-electron chi connectivity index (χ2n) is 3.56. The van der Waals surface area contributed by atoms with Gasteiger partial charge in [-0.15, -0.1) is 21.5 Å². The van der Waals surface area contributed by atoms with E-state index in [2.05, 4.69) is 29.4 Å². The maximum atomic E-state index is 4.11. The number of hydrogen-bond donors (Lipinski definition) is 1. The van der Waals surface area contributed by atoms with Crippen LogP contribution in [0.4, 0.5) is 0 Å². The standard InChI is InChI=1S/C9H17N3S/c1-6(2)8(10-4)5-9-12-11-7(3)13-9/h6,8,10H,5H2,1-4H3. The molecule has 0 spiro atoms. The molecule has 0 saturated heterocycles. The van der Waals surface area contributed by atoms with Gasteiger partial charge in [0.05, 0.1) is 0 Å². The number of rotatable bonds is 4. The second-order valence-corrected chi connectivity index (χ2v) is 4.82. The normalized spacial score (nSPS) is 13.6. The van der Waals surface area contributed by atoms with Gasteiger partial charge in [-0.3, -0.25) is 0 Å². The number of nitrogens with zero attached hydrogens (tertiary/aromatic N) is 2. The van der Waals surface area contributed by atoms with E-state index in [1.54, 1.807) is 11.3 Å². The van der Waals surface area contributed by atoms with Crippen LogP contribution in [-0.2, 0) is 6.42 Å². The molecule has 1 atom stereocenters. The van der Waals surface area contributed by atoms with E-state index in [9.17, 15) is 0 Å². The van der Waals surface area contributed by atoms with Gasteiger partial charge in [-0.05, 0) is 19.9 Å². The Morgan fingerprint density at radius 1 is 1.38 bits per heavy atom. The van der Waals surface area contributed by atoms with Gasteiger partial charge in [-0.2, -0.15) is 0 Å². The predicted octanol–water partition coefficient (Wildman–Crippen LogP) is 1.63. The summed E-state index contributed by atoms with van der Waals surface area (Å²) in [5.74, 6) is 0.634. The average molecular weight is 199 g/mol. The van der Waals surface area contributed by atoms with Crippen molar-refractivity contribution in [1.82, 2.24) is 15.5 Å². The minimum absolute atomic E-state index is 0.507. The molecule has 0 aromatic carbocycles. The first-order valence-electron chi connectivity index (χ1n) is 4.59. The molecule has 1 aromatic heterocycles. The van der Waals surface area contributed by atoms with Crippen LogP contribution in [0.5, 0.6) is 0 Å². The summed E-state index contributed by atoms with van der Waals surface area (Å²) in [5.41, 5.74) is 0. The first kappa shape index (κ1) is 10.6. The van der Waals surface area contributed by atoms with Crippen molar-refractivity contribution in [2.45, 2.75) is 33.2 Å². The van der Waals surface area contributed by atoms with Crippen molar-refractivity contribution < 1.29 is 0 Å². The molecular formula is C9H17N3S. The molecule has 1 aromatic rings. The van der Waals surface area contributed by atoms with E-state index in [0.717, 1.165) is 16.4 Å². The molecule has 1 heterocycles. The molecule has 0 aliphatic rings. The molecular weight excluding hydrogens is 182 g/mol. The lowest BCUT2D eigenvalue weighted by Gasteiger charge is -2.18. The van der Waals surface area contributed by atoms with E-state index < -0.39 is 0 Å². The smallest absolute Gasteiger partial charge is 0.119 e. The molecule has 1 unspecified atom stereocenters. The molecule has 1 rings (SSSR count). The zero-order valence-corrected chi connectivity index (χ0v) is 9.48. The monoisotopic (exact) mass is 199 g/mol. The van der Waals surface area contributed by atoms with Crippen molar-refractivity contribution in [2.24, 2.45) is 5.92 Å². The van der Waals surface area contributed by atoms with Crippen molar-refractivity contribution >= 4 is 11.3 Å². The fourth-order valence-corrected chi connectivity index (χ4v) is 2.05. The lowest BCUT2D eigenvalue weighted by atomic mass is 10.0. The van der Waals surface area contributed by atoms with Crippen molar-refractivity contribution in [3.8, 4) is 0 Å². The Morgan fingerprint density at radius 2 is 2.08 bits per heavy atom. The van der Waals surface area contributed by atoms with E-state index in [-0.39, 0.29) is 0 Å². The van der Waals surface area contributed by atoms with E-state index in [1.165, 1.54) is 0 Å². The van der Waals surface area contributed by atoms with Crippen LogP contribution >= 0.6 is 11.3 Å². The van der Waals surface area contributed by atoms with Gasteiger partial charge in [0, 0.05) is 12.5 Å². The van der Waals surface area contributed by atoms with Crippen molar-refractivity contribution in [3.05, 3.63) is 10.0 Å². The quantitative estimate of drug-likeness (QED) is 0.801. The Bertz CT molecular complexity index is 257. The van der Waals surface area contributed by atoms with E-state index in [4.69, 9.17) is 0 Å². The van der Waals surface area contributed by atoms with Crippen LogP contribution in [0.3, 0.4) is 0 Å². The number of hydrogen-bond acceptors (Lipinski definition) is 4. The van der Waals surface area contributed by atoms with Crippen LogP contribution < -0.4 is 5.32 Å². The summed E-state index contributed by atoms with van der Waals surface area (Å²) in [6, 6.07) is 0.507. The highest BCUT2D eigenvalue weighted by molar-refractivity contribution is 7.11. The zero-order valence-electron chi connectivity index (χ0n) is 8.66. The van der Waals surface area contributed by atoms with Crippen LogP contribution in [0.25, 0.3) is 0 Å². The van der Waals surface area contributed by atoms with Crippen LogP contribution in [0.1, 0.15) is 23.9 Å². The maximum Gasteiger partial charge on any atom is 0.119 e. The third kappa shape index (κ3) is 3.04. The second kappa shape index (κ2) is 4.67. The molecule has 0 radical (unpaired) electrons. The van der Waals surface area contributed by atoms with Crippen molar-refractivity contribution in [3.63, 3.8) is 0 Å². The molecule has 0 bridgehead atoms. The summed E-state index contributed by atoms with van der Waals surface area (Å²) < 4.78 is 0. The van der Waals surface area contributed by atoms with Crippen LogP contribution in [0, 0.1) is 12.8 Å². The summed E-state index contributed by atoms with van der Waals surface area (Å²) in [6.45, 7) is 6.43. The Hall–Kier alpha value is -0.480. The van der Waals surface area contributed by atoms with Gasteiger partial charge < -0.3 is 5.32 Å². The van der Waals surface area contributed by atoms with Crippen LogP contribution in [0.2, 0.25) is 0 Å². The molecule has 0 saturated carbocycles. The van der Waals surface area contributed by atoms with Gasteiger partial charge in [0.2, 0.25) is 0 Å². The third-order valence-corrected chi connectivity index (χ3v) is 3.00. The van der Waals surface area contributed by atoms with Crippen LogP contribution in [-0.4, -0.2) is 23.3 Å². The average Bonchev–Trinajstić information content (AvgIpc) is 2.46. The molecule has 74 valence electrons. The van der Waals surface area contributed by atoms with Crippen molar-refractivity contribution in [1.29, 1.82) is 0 Å². The largest absolute Gasteiger partial charge is 0.316 e. The molecule has 0 fully saturated rings. The lowest BCUT2D eigenvalue weighted by molar-refractivity contribution is 0.423. The summed E-state index contributed by atoms with van der Waals surface area (Å²) >= 11 is 1.69. The number of aryl methyl sites for hydroxylation is 1. The topological polar surface area (TPSA) is 37.8 Å². The summed E-state index contributed by atoms with van der Waals surface area (Å²) in [5, 5.41) is 13.6. The highest BCUT2D eigenvalue weighted by Crippen LogP contribution is 2.13. The summed E-state index contributed by atoms with van der Waals surface area (Å²) in [6.07, 6.45) is 0.986. The highest BCUT2D eigenvalue weighted by atomic mass is 32.1. The summed E-state index contributed by atoms with van der Waals surface area (Å²) in [4.78, 5) is 0. The van der Waals surface area contributed by atoms with Crippen LogP contribution in [0.15, 0.2) is 0 Å². The summed E-state index contributed by atoms with van der Waals surface area (Å²) in [7, 11) is 2.00. The van der Waals surface area contributed by atoms with Gasteiger partial charge in [-0.25, -0.2) is 0 Å². The van der Waals surface area contributed by atoms with E-state index in [1.807, 2.05) is 14.0 Å². The Morgan fingerprint density at radius 3 is 2.46 bits per heavy atom. The SMILES string of the molecule is CNC(Cc1nnc(C)s1)C(C)C. The minimum Gasteiger partial charge on any atom is -0.316 e. The molecule has 0 aliphatic carbocycles. The molecule has 4 heteroatoms. The lowest BCUT2D eigenvalue weighted by Crippen LogP contribution is -2.32. The van der Waals surface area contributed by atoms with Crippen molar-refractivity contribution in [2.75, 3.05) is 7.05 Å². The third-order valence-electron chi connectivity index (χ3n) is 2.14. The fourth-order valence-electron chi connectivity index (χ4n) is 1.28. The first-order valence-corrected chi connectivity index (χ1v) is 5.41. The molecule has 0 amide bonds. The zero-order chi connectivity index (χ0) is 9.84. The first-order chi connectivity index (χ1) is 6.13. The van der Waals surface area contributed by atoms with Gasteiger partial charge in [0.1, 0.15) is 10.0 Å². The van der Waals surface area contributed by atoms with Gasteiger partial charge in [0.15, 0.2) is 0 Å². The predicted molar refractivity (Wildman–Crippen MR) is 56.0 cm³/mol.